The summed E-state index contributed by atoms with van der Waals surface area (Å²) < 4.78 is 27.1. The van der Waals surface area contributed by atoms with Crippen LogP contribution in [0.25, 0.3) is 0 Å². The van der Waals surface area contributed by atoms with Crippen molar-refractivity contribution in [2.24, 2.45) is 5.92 Å². The van der Waals surface area contributed by atoms with Crippen molar-refractivity contribution in [3.05, 3.63) is 29.3 Å². The van der Waals surface area contributed by atoms with Gasteiger partial charge in [-0.3, -0.25) is 0 Å². The van der Waals surface area contributed by atoms with Crippen LogP contribution in [0, 0.1) is 12.8 Å². The molecule has 1 saturated carbocycles. The van der Waals surface area contributed by atoms with Crippen LogP contribution >= 0.6 is 0 Å². The van der Waals surface area contributed by atoms with Crippen molar-refractivity contribution in [3.8, 4) is 0 Å². The number of carboxylic acid groups (broad SMARTS) is 1. The van der Waals surface area contributed by atoms with E-state index >= 15 is 0 Å². The first kappa shape index (κ1) is 15.0. The minimum atomic E-state index is -3.66. The Morgan fingerprint density at radius 1 is 1.45 bits per heavy atom. The maximum atomic E-state index is 12.2. The smallest absolute Gasteiger partial charge is 0.335 e. The third-order valence-corrected chi connectivity index (χ3v) is 5.08. The van der Waals surface area contributed by atoms with Crippen LogP contribution in [-0.4, -0.2) is 25.5 Å². The SMILES string of the molecule is Cc1ccc(S(=O)(=O)NC(C)CC2CC2)cc1C(=O)O. The highest BCUT2D eigenvalue weighted by atomic mass is 32.2. The first-order valence-corrected chi connectivity index (χ1v) is 8.14. The van der Waals surface area contributed by atoms with Gasteiger partial charge in [0.25, 0.3) is 0 Å². The molecule has 2 rings (SSSR count). The molecule has 0 bridgehead atoms. The molecule has 1 aromatic rings. The van der Waals surface area contributed by atoms with Gasteiger partial charge in [-0.2, -0.15) is 0 Å². The zero-order valence-electron chi connectivity index (χ0n) is 11.6. The normalized spacial score (nSPS) is 16.9. The summed E-state index contributed by atoms with van der Waals surface area (Å²) in [4.78, 5) is 11.1. The molecule has 0 aliphatic heterocycles. The summed E-state index contributed by atoms with van der Waals surface area (Å²) in [6.45, 7) is 3.48. The molecule has 1 aliphatic rings. The molecule has 0 amide bonds. The summed E-state index contributed by atoms with van der Waals surface area (Å²) in [7, 11) is -3.66. The van der Waals surface area contributed by atoms with Crippen molar-refractivity contribution in [2.45, 2.75) is 44.0 Å². The van der Waals surface area contributed by atoms with Crippen molar-refractivity contribution in [2.75, 3.05) is 0 Å². The van der Waals surface area contributed by atoms with Crippen LogP contribution in [0.4, 0.5) is 0 Å². The van der Waals surface area contributed by atoms with Crippen molar-refractivity contribution in [1.82, 2.24) is 4.72 Å². The number of aryl methyl sites for hydroxylation is 1. The molecule has 1 unspecified atom stereocenters. The average molecular weight is 297 g/mol. The van der Waals surface area contributed by atoms with Gasteiger partial charge in [0, 0.05) is 6.04 Å². The highest BCUT2D eigenvalue weighted by Gasteiger charge is 2.26. The molecular weight excluding hydrogens is 278 g/mol. The van der Waals surface area contributed by atoms with Crippen LogP contribution < -0.4 is 4.72 Å². The summed E-state index contributed by atoms with van der Waals surface area (Å²) >= 11 is 0. The predicted molar refractivity (Wildman–Crippen MR) is 75.3 cm³/mol. The molecular formula is C14H19NO4S. The molecule has 1 atom stereocenters. The van der Waals surface area contributed by atoms with Crippen molar-refractivity contribution in [3.63, 3.8) is 0 Å². The summed E-state index contributed by atoms with van der Waals surface area (Å²) in [5, 5.41) is 9.05. The van der Waals surface area contributed by atoms with Gasteiger partial charge in [-0.15, -0.1) is 0 Å². The second-order valence-corrected chi connectivity index (χ2v) is 7.20. The quantitative estimate of drug-likeness (QED) is 0.843. The lowest BCUT2D eigenvalue weighted by atomic mass is 10.1. The molecule has 0 spiro atoms. The molecule has 1 aromatic carbocycles. The fourth-order valence-corrected chi connectivity index (χ4v) is 3.52. The fourth-order valence-electron chi connectivity index (χ4n) is 2.23. The Balaban J connectivity index is 2.19. The van der Waals surface area contributed by atoms with E-state index in [4.69, 9.17) is 5.11 Å². The zero-order valence-corrected chi connectivity index (χ0v) is 12.4. The lowest BCUT2D eigenvalue weighted by Gasteiger charge is -2.14. The number of carbonyl (C=O) groups is 1. The number of hydrogen-bond acceptors (Lipinski definition) is 3. The minimum Gasteiger partial charge on any atom is -0.478 e. The monoisotopic (exact) mass is 297 g/mol. The minimum absolute atomic E-state index is 0.00291. The Labute approximate surface area is 119 Å². The van der Waals surface area contributed by atoms with Gasteiger partial charge < -0.3 is 5.11 Å². The van der Waals surface area contributed by atoms with Crippen LogP contribution in [0.5, 0.6) is 0 Å². The van der Waals surface area contributed by atoms with Crippen LogP contribution in [0.15, 0.2) is 23.1 Å². The predicted octanol–water partition coefficient (Wildman–Crippen LogP) is 2.16. The molecule has 5 nitrogen and oxygen atoms in total. The third kappa shape index (κ3) is 3.58. The van der Waals surface area contributed by atoms with Gasteiger partial charge in [0.05, 0.1) is 10.5 Å². The van der Waals surface area contributed by atoms with Crippen molar-refractivity contribution >= 4 is 16.0 Å². The maximum Gasteiger partial charge on any atom is 0.335 e. The molecule has 20 heavy (non-hydrogen) atoms. The third-order valence-electron chi connectivity index (χ3n) is 3.49. The van der Waals surface area contributed by atoms with Gasteiger partial charge in [-0.25, -0.2) is 17.9 Å². The van der Waals surface area contributed by atoms with Gasteiger partial charge in [0.15, 0.2) is 0 Å². The number of carboxylic acids is 1. The van der Waals surface area contributed by atoms with Gasteiger partial charge in [-0.1, -0.05) is 18.9 Å². The largest absolute Gasteiger partial charge is 0.478 e. The van der Waals surface area contributed by atoms with Gasteiger partial charge in [0.1, 0.15) is 0 Å². The molecule has 110 valence electrons. The highest BCUT2D eigenvalue weighted by molar-refractivity contribution is 7.89. The van der Waals surface area contributed by atoms with E-state index in [9.17, 15) is 13.2 Å². The number of benzene rings is 1. The highest BCUT2D eigenvalue weighted by Crippen LogP contribution is 2.33. The van der Waals surface area contributed by atoms with Crippen molar-refractivity contribution in [1.29, 1.82) is 0 Å². The standard InChI is InChI=1S/C14H19NO4S/c1-9-3-6-12(8-13(9)14(16)17)20(18,19)15-10(2)7-11-4-5-11/h3,6,8,10-11,15H,4-5,7H2,1-2H3,(H,16,17). The molecule has 0 saturated heterocycles. The van der Waals surface area contributed by atoms with E-state index in [1.807, 2.05) is 6.92 Å². The van der Waals surface area contributed by atoms with E-state index in [2.05, 4.69) is 4.72 Å². The first-order valence-electron chi connectivity index (χ1n) is 6.66. The van der Waals surface area contributed by atoms with E-state index in [0.717, 1.165) is 6.42 Å². The molecule has 0 heterocycles. The Kier molecular flexibility index (Phi) is 4.15. The number of nitrogens with one attached hydrogen (secondary N) is 1. The molecule has 0 aromatic heterocycles. The number of sulfonamides is 1. The number of aromatic carboxylic acids is 1. The molecule has 1 fully saturated rings. The first-order chi connectivity index (χ1) is 9.29. The molecule has 6 heteroatoms. The lowest BCUT2D eigenvalue weighted by Crippen LogP contribution is -2.33. The summed E-state index contributed by atoms with van der Waals surface area (Å²) in [5.74, 6) is -0.495. The lowest BCUT2D eigenvalue weighted by molar-refractivity contribution is 0.0696. The van der Waals surface area contributed by atoms with Gasteiger partial charge in [-0.05, 0) is 43.9 Å². The molecule has 2 N–H and O–H groups in total. The van der Waals surface area contributed by atoms with Crippen LogP contribution in [-0.2, 0) is 10.0 Å². The average Bonchev–Trinajstić information content (AvgIpc) is 3.11. The van der Waals surface area contributed by atoms with Crippen LogP contribution in [0.2, 0.25) is 0 Å². The summed E-state index contributed by atoms with van der Waals surface area (Å²) in [6, 6.07) is 4.03. The Morgan fingerprint density at radius 3 is 2.65 bits per heavy atom. The van der Waals surface area contributed by atoms with E-state index in [-0.39, 0.29) is 16.5 Å². The Bertz CT molecular complexity index is 620. The van der Waals surface area contributed by atoms with E-state index in [1.54, 1.807) is 6.92 Å². The molecule has 0 radical (unpaired) electrons. The Hall–Kier alpha value is -1.40. The molecule has 1 aliphatic carbocycles. The second kappa shape index (κ2) is 5.54. The summed E-state index contributed by atoms with van der Waals surface area (Å²) in [5.41, 5.74) is 0.560. The van der Waals surface area contributed by atoms with Crippen LogP contribution in [0.3, 0.4) is 0 Å². The topological polar surface area (TPSA) is 83.5 Å². The van der Waals surface area contributed by atoms with Crippen molar-refractivity contribution < 1.29 is 18.3 Å². The van der Waals surface area contributed by atoms with Crippen LogP contribution in [0.1, 0.15) is 42.1 Å². The maximum absolute atomic E-state index is 12.2. The van der Waals surface area contributed by atoms with E-state index in [0.29, 0.717) is 11.5 Å². The van der Waals surface area contributed by atoms with E-state index < -0.39 is 16.0 Å². The van der Waals surface area contributed by atoms with Gasteiger partial charge >= 0.3 is 5.97 Å². The Morgan fingerprint density at radius 2 is 2.10 bits per heavy atom. The zero-order chi connectivity index (χ0) is 14.9. The van der Waals surface area contributed by atoms with Gasteiger partial charge in [0.2, 0.25) is 10.0 Å². The number of hydrogen-bond donors (Lipinski definition) is 2. The number of rotatable bonds is 6. The van der Waals surface area contributed by atoms with E-state index in [1.165, 1.54) is 31.0 Å². The summed E-state index contributed by atoms with van der Waals surface area (Å²) in [6.07, 6.45) is 3.16. The fraction of sp³-hybridized carbons (Fsp3) is 0.500. The second-order valence-electron chi connectivity index (χ2n) is 5.48.